The van der Waals surface area contributed by atoms with E-state index in [0.29, 0.717) is 11.3 Å². The van der Waals surface area contributed by atoms with Crippen LogP contribution in [0.2, 0.25) is 0 Å². The summed E-state index contributed by atoms with van der Waals surface area (Å²) in [5.74, 6) is -1.14. The van der Waals surface area contributed by atoms with Crippen LogP contribution in [-0.4, -0.2) is 24.6 Å². The fraction of sp³-hybridized carbons (Fsp3) is 0.0833. The van der Waals surface area contributed by atoms with Gasteiger partial charge in [0.1, 0.15) is 9.96 Å². The average Bonchev–Trinajstić information content (AvgIpc) is 2.83. The Kier molecular flexibility index (Phi) is 3.69. The minimum atomic E-state index is -3.84. The van der Waals surface area contributed by atoms with Gasteiger partial charge in [0, 0.05) is 5.38 Å². The van der Waals surface area contributed by atoms with E-state index in [1.165, 1.54) is 23.6 Å². The predicted molar refractivity (Wildman–Crippen MR) is 74.9 cm³/mol. The molecule has 106 valence electrons. The van der Waals surface area contributed by atoms with Gasteiger partial charge >= 0.3 is 5.97 Å². The Labute approximate surface area is 119 Å². The average molecular weight is 313 g/mol. The second-order valence-corrected chi connectivity index (χ2v) is 6.88. The minimum absolute atomic E-state index is 0.0368. The number of nitrogens with one attached hydrogen (secondary N) is 1. The number of benzene rings is 1. The molecule has 0 saturated heterocycles. The summed E-state index contributed by atoms with van der Waals surface area (Å²) < 4.78 is 26.5. The van der Waals surface area contributed by atoms with Crippen LogP contribution in [0.25, 0.3) is 0 Å². The molecule has 0 aliphatic carbocycles. The van der Waals surface area contributed by atoms with E-state index in [9.17, 15) is 18.3 Å². The molecule has 0 bridgehead atoms. The minimum Gasteiger partial charge on any atom is -0.508 e. The molecule has 0 aliphatic heterocycles. The molecule has 0 atom stereocenters. The first kappa shape index (κ1) is 14.4. The lowest BCUT2D eigenvalue weighted by Gasteiger charge is -2.09. The van der Waals surface area contributed by atoms with Crippen LogP contribution in [0, 0.1) is 6.92 Å². The van der Waals surface area contributed by atoms with Gasteiger partial charge in [-0.15, -0.1) is 11.3 Å². The Morgan fingerprint density at radius 3 is 2.55 bits per heavy atom. The van der Waals surface area contributed by atoms with Gasteiger partial charge in [-0.05, 0) is 36.8 Å². The monoisotopic (exact) mass is 313 g/mol. The number of hydrogen-bond donors (Lipinski definition) is 3. The predicted octanol–water partition coefficient (Wildman–Crippen LogP) is 2.26. The van der Waals surface area contributed by atoms with E-state index in [4.69, 9.17) is 5.11 Å². The van der Waals surface area contributed by atoms with Crippen molar-refractivity contribution in [3.8, 4) is 5.75 Å². The van der Waals surface area contributed by atoms with Crippen molar-refractivity contribution in [2.24, 2.45) is 0 Å². The van der Waals surface area contributed by atoms with Crippen molar-refractivity contribution in [2.45, 2.75) is 11.1 Å². The van der Waals surface area contributed by atoms with Gasteiger partial charge in [0.2, 0.25) is 0 Å². The highest BCUT2D eigenvalue weighted by atomic mass is 32.2. The molecule has 2 rings (SSSR count). The van der Waals surface area contributed by atoms with E-state index in [1.807, 2.05) is 0 Å². The van der Waals surface area contributed by atoms with E-state index in [1.54, 1.807) is 6.92 Å². The first-order valence-corrected chi connectivity index (χ1v) is 7.80. The van der Waals surface area contributed by atoms with Gasteiger partial charge < -0.3 is 10.2 Å². The fourth-order valence-electron chi connectivity index (χ4n) is 1.53. The molecule has 0 spiro atoms. The maximum Gasteiger partial charge on any atom is 0.336 e. The summed E-state index contributed by atoms with van der Waals surface area (Å²) in [4.78, 5) is 10.8. The highest BCUT2D eigenvalue weighted by Crippen LogP contribution is 2.26. The van der Waals surface area contributed by atoms with Gasteiger partial charge in [-0.3, -0.25) is 4.72 Å². The third-order valence-electron chi connectivity index (χ3n) is 2.54. The summed E-state index contributed by atoms with van der Waals surface area (Å²) in [6.45, 7) is 1.65. The standard InChI is InChI=1S/C12H11NO5S2/c1-7-4-9(14)2-3-10(7)13-20(17,18)11-5-8(6-19-11)12(15)16/h2-6,13-14H,1H3,(H,15,16). The van der Waals surface area contributed by atoms with E-state index in [-0.39, 0.29) is 15.5 Å². The zero-order chi connectivity index (χ0) is 14.9. The quantitative estimate of drug-likeness (QED) is 0.751. The summed E-state index contributed by atoms with van der Waals surface area (Å²) in [5, 5.41) is 19.3. The number of aromatic carboxylic acids is 1. The topological polar surface area (TPSA) is 104 Å². The molecule has 6 nitrogen and oxygen atoms in total. The van der Waals surface area contributed by atoms with Crippen LogP contribution >= 0.6 is 11.3 Å². The molecule has 0 radical (unpaired) electrons. The van der Waals surface area contributed by atoms with Crippen LogP contribution in [0.1, 0.15) is 15.9 Å². The van der Waals surface area contributed by atoms with E-state index >= 15 is 0 Å². The highest BCUT2D eigenvalue weighted by Gasteiger charge is 2.19. The number of aryl methyl sites for hydroxylation is 1. The molecular formula is C12H11NO5S2. The molecule has 3 N–H and O–H groups in total. The first-order valence-electron chi connectivity index (χ1n) is 5.44. The van der Waals surface area contributed by atoms with Gasteiger partial charge in [0.15, 0.2) is 0 Å². The van der Waals surface area contributed by atoms with Crippen molar-refractivity contribution < 1.29 is 23.4 Å². The van der Waals surface area contributed by atoms with Crippen LogP contribution in [-0.2, 0) is 10.0 Å². The number of sulfonamides is 1. The number of aromatic hydroxyl groups is 1. The Balaban J connectivity index is 2.33. The molecule has 0 amide bonds. The first-order chi connectivity index (χ1) is 9.29. The van der Waals surface area contributed by atoms with Crippen molar-refractivity contribution in [3.05, 3.63) is 40.8 Å². The molecule has 0 unspecified atom stereocenters. The third kappa shape index (κ3) is 2.91. The van der Waals surface area contributed by atoms with Crippen molar-refractivity contribution in [2.75, 3.05) is 4.72 Å². The number of rotatable bonds is 4. The second kappa shape index (κ2) is 5.14. The van der Waals surface area contributed by atoms with Crippen LogP contribution in [0.15, 0.2) is 33.9 Å². The van der Waals surface area contributed by atoms with E-state index in [0.717, 1.165) is 17.4 Å². The SMILES string of the molecule is Cc1cc(O)ccc1NS(=O)(=O)c1cc(C(=O)O)cs1. The lowest BCUT2D eigenvalue weighted by molar-refractivity contribution is 0.0697. The van der Waals surface area contributed by atoms with Gasteiger partial charge in [-0.2, -0.15) is 0 Å². The molecule has 0 aliphatic rings. The molecule has 20 heavy (non-hydrogen) atoms. The zero-order valence-corrected chi connectivity index (χ0v) is 12.0. The summed E-state index contributed by atoms with van der Waals surface area (Å²) in [7, 11) is -3.84. The third-order valence-corrected chi connectivity index (χ3v) is 5.35. The molecular weight excluding hydrogens is 302 g/mol. The number of carbonyl (C=O) groups is 1. The largest absolute Gasteiger partial charge is 0.508 e. The van der Waals surface area contributed by atoms with Crippen molar-refractivity contribution in [3.63, 3.8) is 0 Å². The van der Waals surface area contributed by atoms with Crippen LogP contribution in [0.5, 0.6) is 5.75 Å². The smallest absolute Gasteiger partial charge is 0.336 e. The number of thiophene rings is 1. The maximum absolute atomic E-state index is 12.1. The molecule has 2 aromatic rings. The number of anilines is 1. The van der Waals surface area contributed by atoms with Gasteiger partial charge in [-0.1, -0.05) is 0 Å². The summed E-state index contributed by atoms with van der Waals surface area (Å²) in [6.07, 6.45) is 0. The Morgan fingerprint density at radius 1 is 1.30 bits per heavy atom. The summed E-state index contributed by atoms with van der Waals surface area (Å²) >= 11 is 0.832. The molecule has 0 fully saturated rings. The van der Waals surface area contributed by atoms with Crippen molar-refractivity contribution in [1.82, 2.24) is 0 Å². The van der Waals surface area contributed by atoms with E-state index in [2.05, 4.69) is 4.72 Å². The second-order valence-electron chi connectivity index (χ2n) is 4.06. The van der Waals surface area contributed by atoms with Gasteiger partial charge in [0.05, 0.1) is 11.3 Å². The van der Waals surface area contributed by atoms with Crippen molar-refractivity contribution in [1.29, 1.82) is 0 Å². The van der Waals surface area contributed by atoms with Crippen molar-refractivity contribution >= 4 is 33.0 Å². The van der Waals surface area contributed by atoms with Gasteiger partial charge in [0.25, 0.3) is 10.0 Å². The number of hydrogen-bond acceptors (Lipinski definition) is 5. The van der Waals surface area contributed by atoms with E-state index < -0.39 is 16.0 Å². The highest BCUT2D eigenvalue weighted by molar-refractivity contribution is 7.94. The summed E-state index contributed by atoms with van der Waals surface area (Å²) in [6, 6.07) is 5.33. The maximum atomic E-state index is 12.1. The molecule has 1 aromatic carbocycles. The Hall–Kier alpha value is -2.06. The number of carboxylic acids is 1. The Bertz CT molecular complexity index is 764. The molecule has 1 heterocycles. The lowest BCUT2D eigenvalue weighted by Crippen LogP contribution is -2.12. The normalized spacial score (nSPS) is 11.2. The number of phenolic OH excluding ortho intramolecular Hbond substituents is 1. The molecule has 1 aromatic heterocycles. The van der Waals surface area contributed by atoms with Crippen LogP contribution < -0.4 is 4.72 Å². The fourth-order valence-corrected chi connectivity index (χ4v) is 3.81. The molecule has 0 saturated carbocycles. The van der Waals surface area contributed by atoms with Crippen LogP contribution in [0.3, 0.4) is 0 Å². The number of carboxylic acid groups (broad SMARTS) is 1. The van der Waals surface area contributed by atoms with Crippen LogP contribution in [0.4, 0.5) is 5.69 Å². The zero-order valence-electron chi connectivity index (χ0n) is 10.3. The lowest BCUT2D eigenvalue weighted by atomic mass is 10.2. The summed E-state index contributed by atoms with van der Waals surface area (Å²) in [5.41, 5.74) is 0.814. The van der Waals surface area contributed by atoms with Gasteiger partial charge in [-0.25, -0.2) is 13.2 Å². The molecule has 8 heteroatoms. The Morgan fingerprint density at radius 2 is 2.00 bits per heavy atom. The number of phenols is 1.